The van der Waals surface area contributed by atoms with Gasteiger partial charge in [-0.25, -0.2) is 0 Å². The summed E-state index contributed by atoms with van der Waals surface area (Å²) in [5.74, 6) is -1.33. The van der Waals surface area contributed by atoms with E-state index in [1.807, 2.05) is 6.92 Å². The lowest BCUT2D eigenvalue weighted by molar-refractivity contribution is -0.149. The van der Waals surface area contributed by atoms with E-state index in [1.165, 1.54) is 0 Å². The first-order valence-corrected chi connectivity index (χ1v) is 7.85. The van der Waals surface area contributed by atoms with Crippen molar-refractivity contribution < 1.29 is 19.5 Å². The molecule has 0 aliphatic carbocycles. The van der Waals surface area contributed by atoms with E-state index in [1.54, 1.807) is 9.80 Å². The molecule has 1 N–H and O–H groups in total. The number of piperidine rings is 1. The largest absolute Gasteiger partial charge is 0.481 e. The van der Waals surface area contributed by atoms with E-state index >= 15 is 0 Å². The number of carbonyl (C=O) groups excluding carboxylic acids is 2. The Morgan fingerprint density at radius 1 is 1.14 bits per heavy atom. The number of likely N-dealkylation sites (tertiary alicyclic amines) is 2. The summed E-state index contributed by atoms with van der Waals surface area (Å²) < 4.78 is 0. The fourth-order valence-corrected chi connectivity index (χ4v) is 3.27. The molecule has 2 fully saturated rings. The first kappa shape index (κ1) is 15.8. The molecule has 0 aromatic rings. The van der Waals surface area contributed by atoms with Crippen molar-refractivity contribution in [3.63, 3.8) is 0 Å². The van der Waals surface area contributed by atoms with Crippen LogP contribution in [0.25, 0.3) is 0 Å². The van der Waals surface area contributed by atoms with Crippen LogP contribution < -0.4 is 0 Å². The van der Waals surface area contributed by atoms with Crippen LogP contribution in [-0.2, 0) is 14.4 Å². The number of carboxylic acids is 1. The highest BCUT2D eigenvalue weighted by Gasteiger charge is 2.38. The van der Waals surface area contributed by atoms with Gasteiger partial charge in [0, 0.05) is 26.1 Å². The normalized spacial score (nSPS) is 26.0. The number of aliphatic carboxylic acids is 1. The maximum Gasteiger partial charge on any atom is 0.308 e. The molecule has 6 heteroatoms. The minimum absolute atomic E-state index is 0.0418. The van der Waals surface area contributed by atoms with E-state index in [9.17, 15) is 14.4 Å². The monoisotopic (exact) mass is 296 g/mol. The molecule has 0 aromatic carbocycles. The van der Waals surface area contributed by atoms with E-state index in [2.05, 4.69) is 0 Å². The molecule has 0 aromatic heterocycles. The fourth-order valence-electron chi connectivity index (χ4n) is 3.27. The Labute approximate surface area is 125 Å². The third-order valence-corrected chi connectivity index (χ3v) is 4.40. The maximum absolute atomic E-state index is 12.6. The van der Waals surface area contributed by atoms with E-state index in [0.29, 0.717) is 32.4 Å². The van der Waals surface area contributed by atoms with Gasteiger partial charge in [-0.1, -0.05) is 6.92 Å². The molecule has 6 nitrogen and oxygen atoms in total. The standard InChI is InChI=1S/C15H24N2O4/c1-2-5-13(18)17-9-4-7-12(17)14(19)16-8-3-6-11(10-16)15(20)21/h11-12H,2-10H2,1H3,(H,20,21)/t11-,12+/m1/s1. The second kappa shape index (κ2) is 6.91. The second-order valence-corrected chi connectivity index (χ2v) is 5.96. The Kier molecular flexibility index (Phi) is 5.20. The molecule has 2 saturated heterocycles. The fraction of sp³-hybridized carbons (Fsp3) is 0.800. The maximum atomic E-state index is 12.6. The third-order valence-electron chi connectivity index (χ3n) is 4.40. The van der Waals surface area contributed by atoms with E-state index < -0.39 is 11.9 Å². The lowest BCUT2D eigenvalue weighted by Gasteiger charge is -2.34. The zero-order valence-corrected chi connectivity index (χ0v) is 12.6. The van der Waals surface area contributed by atoms with Crippen LogP contribution >= 0.6 is 0 Å². The number of hydrogen-bond donors (Lipinski definition) is 1. The molecule has 21 heavy (non-hydrogen) atoms. The quantitative estimate of drug-likeness (QED) is 0.842. The van der Waals surface area contributed by atoms with Gasteiger partial charge in [0.1, 0.15) is 6.04 Å². The number of carboxylic acid groups (broad SMARTS) is 1. The minimum atomic E-state index is -0.835. The molecule has 118 valence electrons. The van der Waals surface area contributed by atoms with Crippen LogP contribution in [-0.4, -0.2) is 58.4 Å². The molecule has 2 heterocycles. The Hall–Kier alpha value is -1.59. The van der Waals surface area contributed by atoms with Crippen LogP contribution in [0.3, 0.4) is 0 Å². The summed E-state index contributed by atoms with van der Waals surface area (Å²) in [6, 6.07) is -0.378. The topological polar surface area (TPSA) is 77.9 Å². The molecule has 0 spiro atoms. The van der Waals surface area contributed by atoms with Crippen LogP contribution in [0.1, 0.15) is 45.4 Å². The average molecular weight is 296 g/mol. The van der Waals surface area contributed by atoms with Crippen LogP contribution in [0.2, 0.25) is 0 Å². The average Bonchev–Trinajstić information content (AvgIpc) is 2.96. The molecule has 0 radical (unpaired) electrons. The number of carbonyl (C=O) groups is 3. The number of hydrogen-bond acceptors (Lipinski definition) is 3. The molecule has 2 amide bonds. The van der Waals surface area contributed by atoms with E-state index in [0.717, 1.165) is 19.3 Å². The third kappa shape index (κ3) is 3.54. The Bertz CT molecular complexity index is 424. The van der Waals surface area contributed by atoms with Gasteiger partial charge in [0.15, 0.2) is 0 Å². The van der Waals surface area contributed by atoms with Gasteiger partial charge >= 0.3 is 5.97 Å². The summed E-state index contributed by atoms with van der Waals surface area (Å²) in [6.45, 7) is 3.48. The van der Waals surface area contributed by atoms with Crippen LogP contribution in [0.5, 0.6) is 0 Å². The van der Waals surface area contributed by atoms with Gasteiger partial charge in [-0.2, -0.15) is 0 Å². The van der Waals surface area contributed by atoms with Gasteiger partial charge in [0.25, 0.3) is 0 Å². The number of nitrogens with zero attached hydrogens (tertiary/aromatic N) is 2. The smallest absolute Gasteiger partial charge is 0.308 e. The lowest BCUT2D eigenvalue weighted by Crippen LogP contribution is -2.51. The van der Waals surface area contributed by atoms with Gasteiger partial charge < -0.3 is 14.9 Å². The minimum Gasteiger partial charge on any atom is -0.481 e. The summed E-state index contributed by atoms with van der Waals surface area (Å²) in [5.41, 5.74) is 0. The van der Waals surface area contributed by atoms with Crippen molar-refractivity contribution in [2.24, 2.45) is 5.92 Å². The molecule has 2 aliphatic rings. The zero-order chi connectivity index (χ0) is 15.4. The SMILES string of the molecule is CCCC(=O)N1CCC[C@H]1C(=O)N1CCC[C@@H](C(=O)O)C1. The van der Waals surface area contributed by atoms with Crippen molar-refractivity contribution in [2.75, 3.05) is 19.6 Å². The molecular formula is C15H24N2O4. The highest BCUT2D eigenvalue weighted by molar-refractivity contribution is 5.88. The van der Waals surface area contributed by atoms with Crippen LogP contribution in [0.4, 0.5) is 0 Å². The Morgan fingerprint density at radius 2 is 1.86 bits per heavy atom. The molecule has 2 rings (SSSR count). The van der Waals surface area contributed by atoms with Crippen molar-refractivity contribution in [1.29, 1.82) is 0 Å². The first-order valence-electron chi connectivity index (χ1n) is 7.85. The predicted molar refractivity (Wildman–Crippen MR) is 76.6 cm³/mol. The Balaban J connectivity index is 2.01. The van der Waals surface area contributed by atoms with Gasteiger partial charge in [-0.3, -0.25) is 14.4 Å². The highest BCUT2D eigenvalue weighted by Crippen LogP contribution is 2.24. The molecule has 2 atom stereocenters. The second-order valence-electron chi connectivity index (χ2n) is 5.96. The predicted octanol–water partition coefficient (Wildman–Crippen LogP) is 1.10. The first-order chi connectivity index (χ1) is 10.0. The summed E-state index contributed by atoms with van der Waals surface area (Å²) in [6.07, 6.45) is 4.15. The van der Waals surface area contributed by atoms with Crippen molar-refractivity contribution in [1.82, 2.24) is 9.80 Å². The van der Waals surface area contributed by atoms with Gasteiger partial charge in [-0.05, 0) is 32.1 Å². The van der Waals surface area contributed by atoms with Crippen molar-refractivity contribution in [3.8, 4) is 0 Å². The molecule has 0 saturated carbocycles. The summed E-state index contributed by atoms with van der Waals surface area (Å²) in [4.78, 5) is 39.1. The van der Waals surface area contributed by atoms with Gasteiger partial charge in [-0.15, -0.1) is 0 Å². The molecular weight excluding hydrogens is 272 g/mol. The van der Waals surface area contributed by atoms with Crippen LogP contribution in [0, 0.1) is 5.92 Å². The lowest BCUT2D eigenvalue weighted by atomic mass is 9.97. The van der Waals surface area contributed by atoms with Crippen molar-refractivity contribution >= 4 is 17.8 Å². The summed E-state index contributed by atoms with van der Waals surface area (Å²) >= 11 is 0. The Morgan fingerprint density at radius 3 is 2.52 bits per heavy atom. The zero-order valence-electron chi connectivity index (χ0n) is 12.6. The summed E-state index contributed by atoms with van der Waals surface area (Å²) in [7, 11) is 0. The molecule has 2 aliphatic heterocycles. The summed E-state index contributed by atoms with van der Waals surface area (Å²) in [5, 5.41) is 9.11. The van der Waals surface area contributed by atoms with E-state index in [4.69, 9.17) is 5.11 Å². The van der Waals surface area contributed by atoms with Gasteiger partial charge in [0.2, 0.25) is 11.8 Å². The van der Waals surface area contributed by atoms with Gasteiger partial charge in [0.05, 0.1) is 5.92 Å². The molecule has 0 bridgehead atoms. The van der Waals surface area contributed by atoms with Crippen molar-refractivity contribution in [2.45, 2.75) is 51.5 Å². The number of amides is 2. The van der Waals surface area contributed by atoms with Crippen LogP contribution in [0.15, 0.2) is 0 Å². The number of rotatable bonds is 4. The molecule has 0 unspecified atom stereocenters. The van der Waals surface area contributed by atoms with Crippen molar-refractivity contribution in [3.05, 3.63) is 0 Å². The van der Waals surface area contributed by atoms with E-state index in [-0.39, 0.29) is 24.4 Å². The highest BCUT2D eigenvalue weighted by atomic mass is 16.4.